The van der Waals surface area contributed by atoms with E-state index < -0.39 is 0 Å². The quantitative estimate of drug-likeness (QED) is 0.908. The first kappa shape index (κ1) is 17.5. The molecule has 0 saturated carbocycles. The van der Waals surface area contributed by atoms with E-state index in [9.17, 15) is 4.79 Å². The molecule has 0 aliphatic carbocycles. The second-order valence-corrected chi connectivity index (χ2v) is 7.01. The lowest BCUT2D eigenvalue weighted by Gasteiger charge is -2.39. The molecule has 2 saturated heterocycles. The van der Waals surface area contributed by atoms with Gasteiger partial charge in [0, 0.05) is 42.9 Å². The van der Waals surface area contributed by atoms with Gasteiger partial charge in [-0.15, -0.1) is 0 Å². The Kier molecular flexibility index (Phi) is 5.98. The molecule has 0 unspecified atom stereocenters. The number of morpholine rings is 1. The molecule has 1 atom stereocenters. The fourth-order valence-corrected chi connectivity index (χ4v) is 3.64. The lowest BCUT2D eigenvalue weighted by Crippen LogP contribution is -2.52. The topological polar surface area (TPSA) is 44.8 Å². The van der Waals surface area contributed by atoms with E-state index in [4.69, 9.17) is 16.3 Å². The van der Waals surface area contributed by atoms with E-state index in [1.54, 1.807) is 0 Å². The number of benzene rings is 1. The number of nitrogens with one attached hydrogen (secondary N) is 1. The van der Waals surface area contributed by atoms with Crippen LogP contribution in [0.5, 0.6) is 0 Å². The van der Waals surface area contributed by atoms with Crippen LogP contribution in [0.1, 0.15) is 24.8 Å². The van der Waals surface area contributed by atoms with Crippen molar-refractivity contribution in [2.75, 3.05) is 44.7 Å². The molecular weight excluding hydrogens is 326 g/mol. The number of rotatable bonds is 3. The van der Waals surface area contributed by atoms with Crippen molar-refractivity contribution in [1.29, 1.82) is 0 Å². The number of urea groups is 1. The maximum absolute atomic E-state index is 12.8. The summed E-state index contributed by atoms with van der Waals surface area (Å²) in [6, 6.07) is 5.87. The Morgan fingerprint density at radius 2 is 2.08 bits per heavy atom. The van der Waals surface area contributed by atoms with Crippen LogP contribution in [0.2, 0.25) is 5.02 Å². The third-order valence-electron chi connectivity index (χ3n) is 4.97. The van der Waals surface area contributed by atoms with Crippen molar-refractivity contribution >= 4 is 23.3 Å². The molecule has 1 aromatic carbocycles. The average molecular weight is 352 g/mol. The Morgan fingerprint density at radius 1 is 1.29 bits per heavy atom. The number of ether oxygens (including phenoxy) is 1. The molecule has 0 spiro atoms. The molecule has 132 valence electrons. The van der Waals surface area contributed by atoms with Crippen molar-refractivity contribution in [3.05, 3.63) is 28.8 Å². The Bertz CT molecular complexity index is 575. The normalized spacial score (nSPS) is 22.4. The number of likely N-dealkylation sites (tertiary alicyclic amines) is 1. The van der Waals surface area contributed by atoms with Crippen LogP contribution >= 0.6 is 11.6 Å². The molecule has 2 aliphatic rings. The van der Waals surface area contributed by atoms with Crippen LogP contribution in [0, 0.1) is 6.92 Å². The minimum Gasteiger partial charge on any atom is -0.379 e. The van der Waals surface area contributed by atoms with Gasteiger partial charge < -0.3 is 15.0 Å². The van der Waals surface area contributed by atoms with E-state index in [2.05, 4.69) is 10.2 Å². The SMILES string of the molecule is Cc1c(Cl)cccc1NC(=O)N1CCCC[C@@H]1CN1CCOCC1. The van der Waals surface area contributed by atoms with E-state index in [0.29, 0.717) is 5.02 Å². The van der Waals surface area contributed by atoms with Crippen molar-refractivity contribution in [1.82, 2.24) is 9.80 Å². The molecule has 0 bridgehead atoms. The van der Waals surface area contributed by atoms with Gasteiger partial charge in [0.05, 0.1) is 13.2 Å². The minimum atomic E-state index is -0.0154. The summed E-state index contributed by atoms with van der Waals surface area (Å²) in [5.41, 5.74) is 1.71. The highest BCUT2D eigenvalue weighted by Crippen LogP contribution is 2.25. The molecule has 1 N–H and O–H groups in total. The Morgan fingerprint density at radius 3 is 2.88 bits per heavy atom. The van der Waals surface area contributed by atoms with E-state index in [1.807, 2.05) is 30.0 Å². The van der Waals surface area contributed by atoms with Gasteiger partial charge in [-0.3, -0.25) is 4.90 Å². The zero-order chi connectivity index (χ0) is 16.9. The Balaban J connectivity index is 1.65. The number of carbonyl (C=O) groups is 1. The molecule has 2 fully saturated rings. The van der Waals surface area contributed by atoms with Crippen molar-refractivity contribution in [3.63, 3.8) is 0 Å². The van der Waals surface area contributed by atoms with E-state index in [0.717, 1.165) is 63.5 Å². The molecule has 2 heterocycles. The van der Waals surface area contributed by atoms with E-state index >= 15 is 0 Å². The molecule has 1 aromatic rings. The zero-order valence-electron chi connectivity index (χ0n) is 14.3. The minimum absolute atomic E-state index is 0.0154. The third kappa shape index (κ3) is 4.21. The molecule has 0 aromatic heterocycles. The molecular formula is C18H26ClN3O2. The van der Waals surface area contributed by atoms with E-state index in [1.165, 1.54) is 6.42 Å². The number of hydrogen-bond donors (Lipinski definition) is 1. The number of halogens is 1. The predicted molar refractivity (Wildman–Crippen MR) is 96.8 cm³/mol. The summed E-state index contributed by atoms with van der Waals surface area (Å²) in [6.45, 7) is 7.19. The second kappa shape index (κ2) is 8.19. The highest BCUT2D eigenvalue weighted by Gasteiger charge is 2.29. The van der Waals surface area contributed by atoms with Crippen LogP contribution in [0.15, 0.2) is 18.2 Å². The predicted octanol–water partition coefficient (Wildman–Crippen LogP) is 3.37. The van der Waals surface area contributed by atoms with Crippen LogP contribution in [0.4, 0.5) is 10.5 Å². The monoisotopic (exact) mass is 351 g/mol. The molecule has 3 rings (SSSR count). The fourth-order valence-electron chi connectivity index (χ4n) is 3.47. The standard InChI is InChI=1S/C18H26ClN3O2/c1-14-16(19)6-4-7-17(14)20-18(23)22-8-3-2-5-15(22)13-21-9-11-24-12-10-21/h4,6-7,15H,2-3,5,8-13H2,1H3,(H,20,23)/t15-/m1/s1. The molecule has 2 aliphatic heterocycles. The van der Waals surface area contributed by atoms with Crippen molar-refractivity contribution in [2.24, 2.45) is 0 Å². The fraction of sp³-hybridized carbons (Fsp3) is 0.611. The molecule has 0 radical (unpaired) electrons. The molecule has 24 heavy (non-hydrogen) atoms. The maximum Gasteiger partial charge on any atom is 0.322 e. The molecule has 5 nitrogen and oxygen atoms in total. The summed E-state index contributed by atoms with van der Waals surface area (Å²) in [7, 11) is 0. The highest BCUT2D eigenvalue weighted by atomic mass is 35.5. The zero-order valence-corrected chi connectivity index (χ0v) is 15.0. The van der Waals surface area contributed by atoms with Gasteiger partial charge >= 0.3 is 6.03 Å². The number of anilines is 1. The smallest absolute Gasteiger partial charge is 0.322 e. The molecule has 6 heteroatoms. The summed E-state index contributed by atoms with van der Waals surface area (Å²) in [4.78, 5) is 17.2. The third-order valence-corrected chi connectivity index (χ3v) is 5.38. The highest BCUT2D eigenvalue weighted by molar-refractivity contribution is 6.31. The van der Waals surface area contributed by atoms with Crippen molar-refractivity contribution < 1.29 is 9.53 Å². The van der Waals surface area contributed by atoms with Gasteiger partial charge in [-0.25, -0.2) is 4.79 Å². The first-order valence-corrected chi connectivity index (χ1v) is 9.16. The average Bonchev–Trinajstić information content (AvgIpc) is 2.60. The van der Waals surface area contributed by atoms with Crippen molar-refractivity contribution in [3.8, 4) is 0 Å². The van der Waals surface area contributed by atoms with E-state index in [-0.39, 0.29) is 12.1 Å². The van der Waals surface area contributed by atoms with Gasteiger partial charge in [-0.1, -0.05) is 17.7 Å². The number of hydrogen-bond acceptors (Lipinski definition) is 3. The van der Waals surface area contributed by atoms with Gasteiger partial charge in [0.25, 0.3) is 0 Å². The van der Waals surface area contributed by atoms with Crippen LogP contribution in [0.25, 0.3) is 0 Å². The summed E-state index contributed by atoms with van der Waals surface area (Å²) in [5.74, 6) is 0. The summed E-state index contributed by atoms with van der Waals surface area (Å²) < 4.78 is 5.42. The van der Waals surface area contributed by atoms with Crippen molar-refractivity contribution in [2.45, 2.75) is 32.2 Å². The maximum atomic E-state index is 12.8. The Hall–Kier alpha value is -1.30. The van der Waals surface area contributed by atoms with Gasteiger partial charge in [0.15, 0.2) is 0 Å². The number of piperidine rings is 1. The number of amides is 2. The van der Waals surface area contributed by atoms with Gasteiger partial charge in [-0.05, 0) is 43.9 Å². The number of nitrogens with zero attached hydrogens (tertiary/aromatic N) is 2. The van der Waals surface area contributed by atoms with Gasteiger partial charge in [-0.2, -0.15) is 0 Å². The lowest BCUT2D eigenvalue weighted by molar-refractivity contribution is 0.0229. The Labute approximate surface area is 148 Å². The molecule has 2 amide bonds. The van der Waals surface area contributed by atoms with Gasteiger partial charge in [0.1, 0.15) is 0 Å². The summed E-state index contributed by atoms with van der Waals surface area (Å²) in [5, 5.41) is 3.72. The first-order valence-electron chi connectivity index (χ1n) is 8.78. The summed E-state index contributed by atoms with van der Waals surface area (Å²) in [6.07, 6.45) is 3.33. The van der Waals surface area contributed by atoms with Crippen LogP contribution < -0.4 is 5.32 Å². The first-order chi connectivity index (χ1) is 11.6. The van der Waals surface area contributed by atoms with Crippen LogP contribution in [-0.2, 0) is 4.74 Å². The summed E-state index contributed by atoms with van der Waals surface area (Å²) >= 11 is 6.16. The van der Waals surface area contributed by atoms with Crippen LogP contribution in [0.3, 0.4) is 0 Å². The largest absolute Gasteiger partial charge is 0.379 e. The van der Waals surface area contributed by atoms with Gasteiger partial charge in [0.2, 0.25) is 0 Å². The number of carbonyl (C=O) groups excluding carboxylic acids is 1. The van der Waals surface area contributed by atoms with Crippen LogP contribution in [-0.4, -0.2) is 61.3 Å². The lowest BCUT2D eigenvalue weighted by atomic mass is 10.0. The second-order valence-electron chi connectivity index (χ2n) is 6.60.